The zero-order chi connectivity index (χ0) is 13.7. The lowest BCUT2D eigenvalue weighted by atomic mass is 10.0. The topological polar surface area (TPSA) is 18.5 Å². The highest BCUT2D eigenvalue weighted by Gasteiger charge is 2.02. The SMILES string of the molecule is COCOc1ccc(Cc2cc(Br)ccc2C)cc1. The van der Waals surface area contributed by atoms with E-state index in [9.17, 15) is 0 Å². The molecule has 0 amide bonds. The monoisotopic (exact) mass is 320 g/mol. The molecule has 0 saturated heterocycles. The quantitative estimate of drug-likeness (QED) is 0.763. The van der Waals surface area contributed by atoms with Crippen molar-refractivity contribution in [2.75, 3.05) is 13.9 Å². The van der Waals surface area contributed by atoms with Crippen LogP contribution >= 0.6 is 15.9 Å². The van der Waals surface area contributed by atoms with Crippen molar-refractivity contribution >= 4 is 15.9 Å². The molecule has 2 aromatic carbocycles. The van der Waals surface area contributed by atoms with Gasteiger partial charge in [0.25, 0.3) is 0 Å². The van der Waals surface area contributed by atoms with E-state index in [1.54, 1.807) is 7.11 Å². The summed E-state index contributed by atoms with van der Waals surface area (Å²) in [5, 5.41) is 0. The van der Waals surface area contributed by atoms with Crippen molar-refractivity contribution in [2.45, 2.75) is 13.3 Å². The van der Waals surface area contributed by atoms with Gasteiger partial charge in [-0.15, -0.1) is 0 Å². The van der Waals surface area contributed by atoms with Crippen LogP contribution in [0.5, 0.6) is 5.75 Å². The van der Waals surface area contributed by atoms with Crippen LogP contribution in [0.25, 0.3) is 0 Å². The Kier molecular flexibility index (Phi) is 5.00. The summed E-state index contributed by atoms with van der Waals surface area (Å²) in [6.45, 7) is 2.42. The van der Waals surface area contributed by atoms with Gasteiger partial charge in [0.15, 0.2) is 6.79 Å². The molecule has 0 aliphatic rings. The summed E-state index contributed by atoms with van der Waals surface area (Å²) in [5.74, 6) is 0.830. The fourth-order valence-electron chi connectivity index (χ4n) is 1.88. The minimum atomic E-state index is 0.282. The van der Waals surface area contributed by atoms with Crippen LogP contribution in [-0.2, 0) is 11.2 Å². The van der Waals surface area contributed by atoms with Crippen LogP contribution in [-0.4, -0.2) is 13.9 Å². The standard InChI is InChI=1S/C16H17BrO2/c1-12-3-6-15(17)10-14(12)9-13-4-7-16(8-5-13)19-11-18-2/h3-8,10H,9,11H2,1-2H3. The number of hydrogen-bond donors (Lipinski definition) is 0. The number of rotatable bonds is 5. The van der Waals surface area contributed by atoms with E-state index < -0.39 is 0 Å². The van der Waals surface area contributed by atoms with Crippen molar-refractivity contribution in [2.24, 2.45) is 0 Å². The molecule has 0 heterocycles. The number of methoxy groups -OCH3 is 1. The normalized spacial score (nSPS) is 10.5. The van der Waals surface area contributed by atoms with Crippen molar-refractivity contribution in [1.29, 1.82) is 0 Å². The summed E-state index contributed by atoms with van der Waals surface area (Å²) >= 11 is 3.52. The lowest BCUT2D eigenvalue weighted by molar-refractivity contribution is 0.0511. The summed E-state index contributed by atoms with van der Waals surface area (Å²) in [5.41, 5.74) is 3.91. The zero-order valence-electron chi connectivity index (χ0n) is 11.2. The van der Waals surface area contributed by atoms with E-state index in [0.29, 0.717) is 0 Å². The van der Waals surface area contributed by atoms with E-state index in [-0.39, 0.29) is 6.79 Å². The first-order valence-corrected chi connectivity index (χ1v) is 6.94. The maximum absolute atomic E-state index is 5.37. The zero-order valence-corrected chi connectivity index (χ0v) is 12.7. The molecule has 0 N–H and O–H groups in total. The van der Waals surface area contributed by atoms with Crippen LogP contribution in [0, 0.1) is 6.92 Å². The second kappa shape index (κ2) is 6.73. The molecule has 2 nitrogen and oxygen atoms in total. The first-order valence-electron chi connectivity index (χ1n) is 6.15. The van der Waals surface area contributed by atoms with Crippen LogP contribution in [0.15, 0.2) is 46.9 Å². The largest absolute Gasteiger partial charge is 0.468 e. The van der Waals surface area contributed by atoms with Crippen LogP contribution in [0.1, 0.15) is 16.7 Å². The van der Waals surface area contributed by atoms with Crippen LogP contribution in [0.3, 0.4) is 0 Å². The van der Waals surface area contributed by atoms with Gasteiger partial charge in [0.1, 0.15) is 5.75 Å². The molecule has 0 bridgehead atoms. The van der Waals surface area contributed by atoms with Crippen LogP contribution in [0.4, 0.5) is 0 Å². The summed E-state index contributed by atoms with van der Waals surface area (Å²) < 4.78 is 11.4. The smallest absolute Gasteiger partial charge is 0.188 e. The molecule has 0 fully saturated rings. The van der Waals surface area contributed by atoms with Gasteiger partial charge in [-0.25, -0.2) is 0 Å². The number of halogens is 1. The maximum atomic E-state index is 5.37. The molecule has 0 radical (unpaired) electrons. The summed E-state index contributed by atoms with van der Waals surface area (Å²) in [7, 11) is 1.62. The average Bonchev–Trinajstić information content (AvgIpc) is 2.42. The predicted octanol–water partition coefficient (Wildman–Crippen LogP) is 4.33. The fourth-order valence-corrected chi connectivity index (χ4v) is 2.29. The number of ether oxygens (including phenoxy) is 2. The highest BCUT2D eigenvalue weighted by molar-refractivity contribution is 9.10. The molecule has 0 aliphatic heterocycles. The van der Waals surface area contributed by atoms with E-state index in [1.165, 1.54) is 16.7 Å². The minimum Gasteiger partial charge on any atom is -0.468 e. The highest BCUT2D eigenvalue weighted by atomic mass is 79.9. The fraction of sp³-hybridized carbons (Fsp3) is 0.250. The summed E-state index contributed by atoms with van der Waals surface area (Å²) in [6, 6.07) is 14.5. The first kappa shape index (κ1) is 14.1. The second-order valence-corrected chi connectivity index (χ2v) is 5.36. The van der Waals surface area contributed by atoms with E-state index in [4.69, 9.17) is 9.47 Å². The van der Waals surface area contributed by atoms with Crippen molar-refractivity contribution in [3.8, 4) is 5.75 Å². The van der Waals surface area contributed by atoms with Gasteiger partial charge in [0, 0.05) is 11.6 Å². The third-order valence-corrected chi connectivity index (χ3v) is 3.47. The Morgan fingerprint density at radius 3 is 2.47 bits per heavy atom. The van der Waals surface area contributed by atoms with Gasteiger partial charge in [-0.3, -0.25) is 0 Å². The van der Waals surface area contributed by atoms with Gasteiger partial charge in [-0.1, -0.05) is 34.1 Å². The summed E-state index contributed by atoms with van der Waals surface area (Å²) in [6.07, 6.45) is 0.926. The van der Waals surface area contributed by atoms with Gasteiger partial charge >= 0.3 is 0 Å². The molecule has 0 aliphatic carbocycles. The van der Waals surface area contributed by atoms with Crippen molar-refractivity contribution in [1.82, 2.24) is 0 Å². The molecule has 0 atom stereocenters. The van der Waals surface area contributed by atoms with Crippen LogP contribution < -0.4 is 4.74 Å². The number of benzene rings is 2. The molecule has 100 valence electrons. The van der Waals surface area contributed by atoms with Crippen molar-refractivity contribution in [3.05, 3.63) is 63.6 Å². The average molecular weight is 321 g/mol. The Labute approximate surface area is 122 Å². The Bertz CT molecular complexity index is 535. The minimum absolute atomic E-state index is 0.282. The molecule has 2 aromatic rings. The molecule has 0 aromatic heterocycles. The molecular weight excluding hydrogens is 304 g/mol. The molecule has 3 heteroatoms. The van der Waals surface area contributed by atoms with Gasteiger partial charge < -0.3 is 9.47 Å². The van der Waals surface area contributed by atoms with Gasteiger partial charge in [-0.2, -0.15) is 0 Å². The van der Waals surface area contributed by atoms with Crippen LogP contribution in [0.2, 0.25) is 0 Å². The Balaban J connectivity index is 2.08. The Hall–Kier alpha value is -1.32. The molecule has 0 saturated carbocycles. The lowest BCUT2D eigenvalue weighted by Gasteiger charge is -2.08. The van der Waals surface area contributed by atoms with E-state index in [0.717, 1.165) is 16.6 Å². The lowest BCUT2D eigenvalue weighted by Crippen LogP contribution is -1.99. The third kappa shape index (κ3) is 4.08. The Morgan fingerprint density at radius 2 is 1.79 bits per heavy atom. The molecule has 0 unspecified atom stereocenters. The van der Waals surface area contributed by atoms with Crippen molar-refractivity contribution in [3.63, 3.8) is 0 Å². The van der Waals surface area contributed by atoms with E-state index >= 15 is 0 Å². The van der Waals surface area contributed by atoms with E-state index in [2.05, 4.69) is 53.2 Å². The third-order valence-electron chi connectivity index (χ3n) is 2.97. The van der Waals surface area contributed by atoms with Gasteiger partial charge in [0.05, 0.1) is 0 Å². The maximum Gasteiger partial charge on any atom is 0.188 e. The predicted molar refractivity (Wildman–Crippen MR) is 80.6 cm³/mol. The second-order valence-electron chi connectivity index (χ2n) is 4.44. The van der Waals surface area contributed by atoms with Crippen molar-refractivity contribution < 1.29 is 9.47 Å². The first-order chi connectivity index (χ1) is 9.19. The molecular formula is C16H17BrO2. The molecule has 2 rings (SSSR count). The Morgan fingerprint density at radius 1 is 1.05 bits per heavy atom. The molecule has 0 spiro atoms. The van der Waals surface area contributed by atoms with E-state index in [1.807, 2.05) is 12.1 Å². The van der Waals surface area contributed by atoms with Gasteiger partial charge in [-0.05, 0) is 54.3 Å². The number of hydrogen-bond acceptors (Lipinski definition) is 2. The molecule has 19 heavy (non-hydrogen) atoms. The number of aryl methyl sites for hydroxylation is 1. The van der Waals surface area contributed by atoms with Gasteiger partial charge in [0.2, 0.25) is 0 Å². The highest BCUT2D eigenvalue weighted by Crippen LogP contribution is 2.20. The summed E-state index contributed by atoms with van der Waals surface area (Å²) in [4.78, 5) is 0.